The molecule has 1 aliphatic carbocycles. The van der Waals surface area contributed by atoms with Crippen molar-refractivity contribution in [3.63, 3.8) is 0 Å². The first-order valence-corrected chi connectivity index (χ1v) is 7.62. The van der Waals surface area contributed by atoms with Gasteiger partial charge in [-0.25, -0.2) is 0 Å². The molecule has 1 N–H and O–H groups in total. The van der Waals surface area contributed by atoms with Crippen LogP contribution >= 0.6 is 0 Å². The molecule has 1 saturated carbocycles. The number of rotatable bonds is 6. The smallest absolute Gasteiger partial charge is 0.222 e. The standard InChI is InChI=1S/C15H25N3O/c1-12(17-14-9-13(10-14)11-16)5-4-6-15(19)18-7-2-3-8-18/h12-14,17H,2-10H2,1H3. The second-order valence-corrected chi connectivity index (χ2v) is 6.04. The Morgan fingerprint density at radius 2 is 2.11 bits per heavy atom. The average molecular weight is 263 g/mol. The number of hydrogen-bond acceptors (Lipinski definition) is 3. The molecule has 1 aliphatic heterocycles. The molecule has 0 spiro atoms. The fourth-order valence-electron chi connectivity index (χ4n) is 3.03. The van der Waals surface area contributed by atoms with Crippen molar-refractivity contribution in [3.8, 4) is 6.07 Å². The highest BCUT2D eigenvalue weighted by Crippen LogP contribution is 2.27. The number of carbonyl (C=O) groups excluding carboxylic acids is 1. The molecular weight excluding hydrogens is 238 g/mol. The summed E-state index contributed by atoms with van der Waals surface area (Å²) in [5.41, 5.74) is 0. The molecule has 0 aromatic rings. The largest absolute Gasteiger partial charge is 0.343 e. The molecule has 1 unspecified atom stereocenters. The maximum absolute atomic E-state index is 11.9. The monoisotopic (exact) mass is 263 g/mol. The minimum absolute atomic E-state index is 0.265. The van der Waals surface area contributed by atoms with Crippen LogP contribution < -0.4 is 5.32 Å². The van der Waals surface area contributed by atoms with Gasteiger partial charge in [-0.1, -0.05) is 0 Å². The van der Waals surface area contributed by atoms with E-state index in [1.807, 2.05) is 4.90 Å². The second-order valence-electron chi connectivity index (χ2n) is 6.04. The van der Waals surface area contributed by atoms with Gasteiger partial charge in [-0.05, 0) is 45.4 Å². The lowest BCUT2D eigenvalue weighted by atomic mass is 9.81. The summed E-state index contributed by atoms with van der Waals surface area (Å²) < 4.78 is 0. The fraction of sp³-hybridized carbons (Fsp3) is 0.867. The molecule has 106 valence electrons. The van der Waals surface area contributed by atoms with Crippen LogP contribution in [0.3, 0.4) is 0 Å². The lowest BCUT2D eigenvalue weighted by Gasteiger charge is -2.34. The van der Waals surface area contributed by atoms with Gasteiger partial charge in [0, 0.05) is 37.5 Å². The molecule has 4 nitrogen and oxygen atoms in total. The Balaban J connectivity index is 1.53. The molecule has 2 aliphatic rings. The fourth-order valence-corrected chi connectivity index (χ4v) is 3.03. The molecule has 1 atom stereocenters. The number of nitrogens with one attached hydrogen (secondary N) is 1. The first-order valence-electron chi connectivity index (χ1n) is 7.62. The third kappa shape index (κ3) is 4.21. The van der Waals surface area contributed by atoms with E-state index in [1.54, 1.807) is 0 Å². The molecule has 4 heteroatoms. The lowest BCUT2D eigenvalue weighted by molar-refractivity contribution is -0.130. The molecule has 2 rings (SSSR count). The highest BCUT2D eigenvalue weighted by molar-refractivity contribution is 5.76. The van der Waals surface area contributed by atoms with Crippen molar-refractivity contribution in [1.29, 1.82) is 5.26 Å². The SMILES string of the molecule is CC(CCCC(=O)N1CCCC1)NC1CC(C#N)C1. The minimum atomic E-state index is 0.265. The van der Waals surface area contributed by atoms with Crippen molar-refractivity contribution in [1.82, 2.24) is 10.2 Å². The number of amides is 1. The number of nitrogens with zero attached hydrogens (tertiary/aromatic N) is 2. The summed E-state index contributed by atoms with van der Waals surface area (Å²) in [6.07, 6.45) is 7.04. The van der Waals surface area contributed by atoms with Crippen molar-refractivity contribution in [2.75, 3.05) is 13.1 Å². The normalized spacial score (nSPS) is 27.7. The van der Waals surface area contributed by atoms with Gasteiger partial charge in [0.1, 0.15) is 0 Å². The first kappa shape index (κ1) is 14.3. The zero-order valence-corrected chi connectivity index (χ0v) is 11.9. The third-order valence-corrected chi connectivity index (χ3v) is 4.33. The van der Waals surface area contributed by atoms with Gasteiger partial charge in [-0.15, -0.1) is 0 Å². The lowest BCUT2D eigenvalue weighted by Crippen LogP contribution is -2.45. The van der Waals surface area contributed by atoms with Gasteiger partial charge >= 0.3 is 0 Å². The van der Waals surface area contributed by atoms with Gasteiger partial charge in [0.05, 0.1) is 6.07 Å². The van der Waals surface area contributed by atoms with E-state index >= 15 is 0 Å². The number of likely N-dealkylation sites (tertiary alicyclic amines) is 1. The molecule has 19 heavy (non-hydrogen) atoms. The molecule has 1 amide bonds. The highest BCUT2D eigenvalue weighted by Gasteiger charge is 2.29. The topological polar surface area (TPSA) is 56.1 Å². The van der Waals surface area contributed by atoms with Crippen LogP contribution in [-0.2, 0) is 4.79 Å². The molecular formula is C15H25N3O. The average Bonchev–Trinajstić information content (AvgIpc) is 2.86. The van der Waals surface area contributed by atoms with Gasteiger partial charge in [0.25, 0.3) is 0 Å². The zero-order chi connectivity index (χ0) is 13.7. The predicted octanol–water partition coefficient (Wildman–Crippen LogP) is 2.06. The van der Waals surface area contributed by atoms with E-state index < -0.39 is 0 Å². The second kappa shape index (κ2) is 6.91. The summed E-state index contributed by atoms with van der Waals surface area (Å²) >= 11 is 0. The zero-order valence-electron chi connectivity index (χ0n) is 11.9. The summed E-state index contributed by atoms with van der Waals surface area (Å²) in [6.45, 7) is 4.11. The van der Waals surface area contributed by atoms with E-state index in [0.29, 0.717) is 24.4 Å². The summed E-state index contributed by atoms with van der Waals surface area (Å²) in [7, 11) is 0. The van der Waals surface area contributed by atoms with Crippen LogP contribution in [0.15, 0.2) is 0 Å². The van der Waals surface area contributed by atoms with E-state index in [0.717, 1.165) is 38.8 Å². The Morgan fingerprint density at radius 3 is 2.74 bits per heavy atom. The Hall–Kier alpha value is -1.08. The maximum Gasteiger partial charge on any atom is 0.222 e. The van der Waals surface area contributed by atoms with Crippen LogP contribution in [0.1, 0.15) is 51.9 Å². The van der Waals surface area contributed by atoms with E-state index in [4.69, 9.17) is 5.26 Å². The molecule has 0 bridgehead atoms. The molecule has 1 heterocycles. The number of carbonyl (C=O) groups is 1. The van der Waals surface area contributed by atoms with E-state index in [9.17, 15) is 4.79 Å². The third-order valence-electron chi connectivity index (χ3n) is 4.33. The Labute approximate surface area is 116 Å². The van der Waals surface area contributed by atoms with Crippen molar-refractivity contribution < 1.29 is 4.79 Å². The van der Waals surface area contributed by atoms with E-state index in [2.05, 4.69) is 18.3 Å². The van der Waals surface area contributed by atoms with Gasteiger partial charge < -0.3 is 10.2 Å². The molecule has 0 radical (unpaired) electrons. The molecule has 2 fully saturated rings. The predicted molar refractivity (Wildman–Crippen MR) is 74.4 cm³/mol. The minimum Gasteiger partial charge on any atom is -0.343 e. The van der Waals surface area contributed by atoms with Gasteiger partial charge in [0.15, 0.2) is 0 Å². The Bertz CT molecular complexity index is 338. The van der Waals surface area contributed by atoms with Crippen molar-refractivity contribution in [2.24, 2.45) is 5.92 Å². The van der Waals surface area contributed by atoms with E-state index in [1.165, 1.54) is 12.8 Å². The van der Waals surface area contributed by atoms with Gasteiger partial charge in [-0.3, -0.25) is 4.79 Å². The highest BCUT2D eigenvalue weighted by atomic mass is 16.2. The van der Waals surface area contributed by atoms with Crippen LogP contribution in [0.2, 0.25) is 0 Å². The van der Waals surface area contributed by atoms with Crippen molar-refractivity contribution in [2.45, 2.75) is 64.0 Å². The van der Waals surface area contributed by atoms with Crippen molar-refractivity contribution >= 4 is 5.91 Å². The Morgan fingerprint density at radius 1 is 1.42 bits per heavy atom. The van der Waals surface area contributed by atoms with Crippen LogP contribution in [0.4, 0.5) is 0 Å². The van der Waals surface area contributed by atoms with Gasteiger partial charge in [0.2, 0.25) is 5.91 Å². The maximum atomic E-state index is 11.9. The van der Waals surface area contributed by atoms with Crippen LogP contribution in [0.25, 0.3) is 0 Å². The van der Waals surface area contributed by atoms with Crippen LogP contribution in [-0.4, -0.2) is 36.0 Å². The van der Waals surface area contributed by atoms with E-state index in [-0.39, 0.29) is 5.92 Å². The summed E-state index contributed by atoms with van der Waals surface area (Å²) in [5.74, 6) is 0.597. The quantitative estimate of drug-likeness (QED) is 0.798. The van der Waals surface area contributed by atoms with Crippen LogP contribution in [0.5, 0.6) is 0 Å². The number of hydrogen-bond donors (Lipinski definition) is 1. The number of nitriles is 1. The molecule has 0 aromatic heterocycles. The molecule has 0 aromatic carbocycles. The summed E-state index contributed by atoms with van der Waals surface area (Å²) in [4.78, 5) is 13.9. The Kier molecular flexibility index (Phi) is 5.21. The van der Waals surface area contributed by atoms with Crippen molar-refractivity contribution in [3.05, 3.63) is 0 Å². The first-order chi connectivity index (χ1) is 9.19. The van der Waals surface area contributed by atoms with Crippen LogP contribution in [0, 0.1) is 17.2 Å². The molecule has 1 saturated heterocycles. The summed E-state index contributed by atoms with van der Waals surface area (Å²) in [5, 5.41) is 12.3. The van der Waals surface area contributed by atoms with Gasteiger partial charge in [-0.2, -0.15) is 5.26 Å². The summed E-state index contributed by atoms with van der Waals surface area (Å²) in [6, 6.07) is 3.28.